The van der Waals surface area contributed by atoms with Crippen LogP contribution in [0.4, 0.5) is 0 Å². The van der Waals surface area contributed by atoms with Gasteiger partial charge in [-0.25, -0.2) is 0 Å². The number of carbonyl (C=O) groups is 2. The molecule has 3 rings (SSSR count). The summed E-state index contributed by atoms with van der Waals surface area (Å²) in [6.45, 7) is 5.90. The predicted molar refractivity (Wildman–Crippen MR) is 98.1 cm³/mol. The summed E-state index contributed by atoms with van der Waals surface area (Å²) in [5, 5.41) is 12.4. The molecule has 2 heterocycles. The van der Waals surface area contributed by atoms with E-state index in [0.29, 0.717) is 50.8 Å². The number of carbonyl (C=O) groups excluding carboxylic acids is 1. The van der Waals surface area contributed by atoms with Crippen molar-refractivity contribution in [1.29, 1.82) is 0 Å². The number of aliphatic carboxylic acids is 1. The van der Waals surface area contributed by atoms with Gasteiger partial charge in [0, 0.05) is 19.8 Å². The molecule has 1 aromatic rings. The van der Waals surface area contributed by atoms with Crippen molar-refractivity contribution in [3.8, 4) is 11.5 Å². The van der Waals surface area contributed by atoms with Crippen molar-refractivity contribution in [2.24, 2.45) is 11.8 Å². The Kier molecular flexibility index (Phi) is 5.89. The van der Waals surface area contributed by atoms with Crippen molar-refractivity contribution in [3.05, 3.63) is 23.8 Å². The summed E-state index contributed by atoms with van der Waals surface area (Å²) in [5.74, 6) is -0.364. The van der Waals surface area contributed by atoms with E-state index in [1.165, 1.54) is 0 Å². The summed E-state index contributed by atoms with van der Waals surface area (Å²) in [5.41, 5.74) is -0.0311. The van der Waals surface area contributed by atoms with Crippen molar-refractivity contribution in [3.63, 3.8) is 0 Å². The van der Waals surface area contributed by atoms with Crippen LogP contribution < -0.4 is 14.8 Å². The third-order valence-corrected chi connectivity index (χ3v) is 5.47. The van der Waals surface area contributed by atoms with Crippen molar-refractivity contribution in [2.75, 3.05) is 33.0 Å². The average Bonchev–Trinajstić information content (AvgIpc) is 2.68. The second kappa shape index (κ2) is 8.17. The zero-order chi connectivity index (χ0) is 19.4. The van der Waals surface area contributed by atoms with E-state index >= 15 is 0 Å². The monoisotopic (exact) mass is 377 g/mol. The summed E-state index contributed by atoms with van der Waals surface area (Å²) >= 11 is 0. The van der Waals surface area contributed by atoms with Crippen LogP contribution in [-0.2, 0) is 19.7 Å². The maximum absolute atomic E-state index is 12.8. The standard InChI is InChI=1S/C20H27NO6/c1-20(2,14-3-4-16-17(11-14)27-10-9-26-16)19(24)21-12-15(18(22)23)13-5-7-25-8-6-13/h3-4,11,13,15H,5-10,12H2,1-2H3,(H,21,24)(H,22,23). The molecule has 0 aliphatic carbocycles. The Balaban J connectivity index is 1.67. The second-order valence-electron chi connectivity index (χ2n) is 7.59. The first kappa shape index (κ1) is 19.5. The van der Waals surface area contributed by atoms with Gasteiger partial charge in [0.2, 0.25) is 5.91 Å². The molecule has 1 aromatic carbocycles. The minimum Gasteiger partial charge on any atom is -0.486 e. The summed E-state index contributed by atoms with van der Waals surface area (Å²) in [6.07, 6.45) is 1.41. The first-order valence-corrected chi connectivity index (χ1v) is 9.38. The Labute approximate surface area is 159 Å². The van der Waals surface area contributed by atoms with Gasteiger partial charge in [-0.1, -0.05) is 6.07 Å². The predicted octanol–water partition coefficient (Wildman–Crippen LogP) is 1.98. The molecule has 0 spiro atoms. The molecule has 0 bridgehead atoms. The smallest absolute Gasteiger partial charge is 0.308 e. The topological polar surface area (TPSA) is 94.1 Å². The van der Waals surface area contributed by atoms with Gasteiger partial charge in [-0.15, -0.1) is 0 Å². The van der Waals surface area contributed by atoms with Crippen molar-refractivity contribution < 1.29 is 28.9 Å². The Morgan fingerprint density at radius 3 is 2.48 bits per heavy atom. The van der Waals surface area contributed by atoms with Gasteiger partial charge in [-0.2, -0.15) is 0 Å². The highest BCUT2D eigenvalue weighted by Crippen LogP contribution is 2.35. The van der Waals surface area contributed by atoms with E-state index in [2.05, 4.69) is 5.32 Å². The van der Waals surface area contributed by atoms with Crippen LogP contribution in [0.5, 0.6) is 11.5 Å². The van der Waals surface area contributed by atoms with Crippen LogP contribution >= 0.6 is 0 Å². The Hall–Kier alpha value is -2.28. The molecule has 1 amide bonds. The van der Waals surface area contributed by atoms with E-state index in [9.17, 15) is 14.7 Å². The van der Waals surface area contributed by atoms with Gasteiger partial charge in [0.15, 0.2) is 11.5 Å². The molecule has 1 fully saturated rings. The molecule has 0 radical (unpaired) electrons. The summed E-state index contributed by atoms with van der Waals surface area (Å²) in [4.78, 5) is 24.5. The molecule has 7 heteroatoms. The SMILES string of the molecule is CC(C)(C(=O)NCC(C(=O)O)C1CCOCC1)c1ccc2c(c1)OCCO2. The van der Waals surface area contributed by atoms with Crippen LogP contribution in [0.1, 0.15) is 32.3 Å². The Morgan fingerprint density at radius 1 is 1.15 bits per heavy atom. The fraction of sp³-hybridized carbons (Fsp3) is 0.600. The zero-order valence-corrected chi connectivity index (χ0v) is 15.8. The molecule has 1 atom stereocenters. The lowest BCUT2D eigenvalue weighted by Crippen LogP contribution is -2.45. The number of rotatable bonds is 6. The number of hydrogen-bond donors (Lipinski definition) is 2. The molecule has 148 valence electrons. The largest absolute Gasteiger partial charge is 0.486 e. The van der Waals surface area contributed by atoms with Gasteiger partial charge in [0.1, 0.15) is 13.2 Å². The fourth-order valence-corrected chi connectivity index (χ4v) is 3.56. The van der Waals surface area contributed by atoms with Crippen molar-refractivity contribution >= 4 is 11.9 Å². The molecule has 1 unspecified atom stereocenters. The molecule has 1 saturated heterocycles. The van der Waals surface area contributed by atoms with E-state index in [1.807, 2.05) is 26.0 Å². The molecule has 0 aromatic heterocycles. The molecule has 2 N–H and O–H groups in total. The van der Waals surface area contributed by atoms with Gasteiger partial charge >= 0.3 is 5.97 Å². The third kappa shape index (κ3) is 4.35. The normalized spacial score (nSPS) is 18.6. The lowest BCUT2D eigenvalue weighted by molar-refractivity contribution is -0.145. The van der Waals surface area contributed by atoms with Crippen molar-refractivity contribution in [2.45, 2.75) is 32.1 Å². The second-order valence-corrected chi connectivity index (χ2v) is 7.59. The number of carboxylic acid groups (broad SMARTS) is 1. The average molecular weight is 377 g/mol. The summed E-state index contributed by atoms with van der Waals surface area (Å²) in [7, 11) is 0. The number of amides is 1. The van der Waals surface area contributed by atoms with Crippen LogP contribution in [0.3, 0.4) is 0 Å². The highest BCUT2D eigenvalue weighted by molar-refractivity contribution is 5.88. The Morgan fingerprint density at radius 2 is 1.81 bits per heavy atom. The number of fused-ring (bicyclic) bond motifs is 1. The number of ether oxygens (including phenoxy) is 3. The van der Waals surface area contributed by atoms with Gasteiger partial charge in [-0.3, -0.25) is 9.59 Å². The highest BCUT2D eigenvalue weighted by Gasteiger charge is 2.34. The molecule has 7 nitrogen and oxygen atoms in total. The lowest BCUT2D eigenvalue weighted by atomic mass is 9.82. The summed E-state index contributed by atoms with van der Waals surface area (Å²) < 4.78 is 16.4. The van der Waals surface area contributed by atoms with Gasteiger partial charge < -0.3 is 24.6 Å². The molecule has 27 heavy (non-hydrogen) atoms. The molecular formula is C20H27NO6. The van der Waals surface area contributed by atoms with E-state index in [1.54, 1.807) is 6.07 Å². The fourth-order valence-electron chi connectivity index (χ4n) is 3.56. The molecule has 2 aliphatic heterocycles. The van der Waals surface area contributed by atoms with Crippen LogP contribution in [0.2, 0.25) is 0 Å². The minimum absolute atomic E-state index is 0.0222. The number of nitrogens with one attached hydrogen (secondary N) is 1. The maximum atomic E-state index is 12.8. The van der Waals surface area contributed by atoms with E-state index in [0.717, 1.165) is 5.56 Å². The first-order chi connectivity index (χ1) is 12.9. The van der Waals surface area contributed by atoms with Crippen LogP contribution in [0, 0.1) is 11.8 Å². The molecular weight excluding hydrogens is 350 g/mol. The molecule has 2 aliphatic rings. The van der Waals surface area contributed by atoms with E-state index < -0.39 is 17.3 Å². The lowest BCUT2D eigenvalue weighted by Gasteiger charge is -2.30. The van der Waals surface area contributed by atoms with Gasteiger partial charge in [0.05, 0.1) is 11.3 Å². The Bertz CT molecular complexity index is 696. The van der Waals surface area contributed by atoms with Crippen LogP contribution in [-0.4, -0.2) is 50.0 Å². The van der Waals surface area contributed by atoms with E-state index in [4.69, 9.17) is 14.2 Å². The quantitative estimate of drug-likeness (QED) is 0.787. The number of benzene rings is 1. The number of hydrogen-bond acceptors (Lipinski definition) is 5. The first-order valence-electron chi connectivity index (χ1n) is 9.38. The highest BCUT2D eigenvalue weighted by atomic mass is 16.6. The van der Waals surface area contributed by atoms with Crippen LogP contribution in [0.25, 0.3) is 0 Å². The molecule has 0 saturated carbocycles. The van der Waals surface area contributed by atoms with Gasteiger partial charge in [-0.05, 0) is 50.3 Å². The maximum Gasteiger partial charge on any atom is 0.308 e. The van der Waals surface area contributed by atoms with E-state index in [-0.39, 0.29) is 18.4 Å². The van der Waals surface area contributed by atoms with Crippen LogP contribution in [0.15, 0.2) is 18.2 Å². The van der Waals surface area contributed by atoms with Crippen molar-refractivity contribution in [1.82, 2.24) is 5.32 Å². The minimum atomic E-state index is -0.876. The third-order valence-electron chi connectivity index (χ3n) is 5.47. The number of carboxylic acids is 1. The summed E-state index contributed by atoms with van der Waals surface area (Å²) in [6, 6.07) is 5.47. The zero-order valence-electron chi connectivity index (χ0n) is 15.8. The van der Waals surface area contributed by atoms with Gasteiger partial charge in [0.25, 0.3) is 0 Å².